The fraction of sp³-hybridized carbons (Fsp3) is 0.240. The van der Waals surface area contributed by atoms with Crippen LogP contribution in [0.4, 0.5) is 10.1 Å². The Morgan fingerprint density at radius 1 is 1.06 bits per heavy atom. The van der Waals surface area contributed by atoms with Gasteiger partial charge in [-0.25, -0.2) is 22.5 Å². The van der Waals surface area contributed by atoms with Gasteiger partial charge in [0.15, 0.2) is 5.03 Å². The molecule has 0 radical (unpaired) electrons. The van der Waals surface area contributed by atoms with E-state index < -0.39 is 33.7 Å². The number of aromatic nitrogens is 1. The van der Waals surface area contributed by atoms with E-state index in [-0.39, 0.29) is 28.7 Å². The molecule has 0 saturated carbocycles. The fourth-order valence-electron chi connectivity index (χ4n) is 3.65. The minimum absolute atomic E-state index is 0.183. The fourth-order valence-corrected chi connectivity index (χ4v) is 4.84. The van der Waals surface area contributed by atoms with Crippen LogP contribution in [0.3, 0.4) is 0 Å². The summed E-state index contributed by atoms with van der Waals surface area (Å²) >= 11 is 0. The Morgan fingerprint density at radius 3 is 2.44 bits per heavy atom. The Labute approximate surface area is 208 Å². The highest BCUT2D eigenvalue weighted by molar-refractivity contribution is 7.89. The maximum atomic E-state index is 13.2. The van der Waals surface area contributed by atoms with E-state index in [2.05, 4.69) is 20.3 Å². The lowest BCUT2D eigenvalue weighted by molar-refractivity contribution is -0.118. The summed E-state index contributed by atoms with van der Waals surface area (Å²) in [5.41, 5.74) is 1.29. The van der Waals surface area contributed by atoms with Crippen LogP contribution in [0.1, 0.15) is 22.3 Å². The first-order valence-electron chi connectivity index (χ1n) is 11.3. The van der Waals surface area contributed by atoms with Crippen LogP contribution in [0.15, 0.2) is 78.0 Å². The van der Waals surface area contributed by atoms with E-state index in [0.717, 1.165) is 17.7 Å². The summed E-state index contributed by atoms with van der Waals surface area (Å²) in [6.45, 7) is 0.799. The van der Waals surface area contributed by atoms with Crippen molar-refractivity contribution in [3.63, 3.8) is 0 Å². The van der Waals surface area contributed by atoms with Gasteiger partial charge in [0, 0.05) is 24.6 Å². The molecule has 1 saturated heterocycles. The second kappa shape index (κ2) is 11.4. The van der Waals surface area contributed by atoms with Crippen molar-refractivity contribution in [2.24, 2.45) is 0 Å². The highest BCUT2D eigenvalue weighted by Crippen LogP contribution is 2.14. The summed E-state index contributed by atoms with van der Waals surface area (Å²) in [6.07, 6.45) is 2.02. The summed E-state index contributed by atoms with van der Waals surface area (Å²) in [7, 11) is -3.83. The van der Waals surface area contributed by atoms with Gasteiger partial charge in [-0.2, -0.15) is 0 Å². The number of benzene rings is 2. The molecule has 188 valence electrons. The number of hydrogen-bond acceptors (Lipinski definition) is 6. The average Bonchev–Trinajstić information content (AvgIpc) is 3.37. The molecule has 4 rings (SSSR count). The van der Waals surface area contributed by atoms with E-state index >= 15 is 0 Å². The van der Waals surface area contributed by atoms with Crippen molar-refractivity contribution < 1.29 is 27.1 Å². The second-order valence-corrected chi connectivity index (χ2v) is 9.94. The number of nitrogens with one attached hydrogen (secondary N) is 3. The number of ether oxygens (including phenoxy) is 1. The van der Waals surface area contributed by atoms with Gasteiger partial charge >= 0.3 is 0 Å². The third-order valence-corrected chi connectivity index (χ3v) is 6.98. The van der Waals surface area contributed by atoms with Crippen LogP contribution in [-0.2, 0) is 26.0 Å². The number of carbonyl (C=O) groups excluding carboxylic acids is 2. The Morgan fingerprint density at radius 2 is 1.81 bits per heavy atom. The van der Waals surface area contributed by atoms with Gasteiger partial charge in [0.2, 0.25) is 5.91 Å². The third kappa shape index (κ3) is 6.72. The maximum Gasteiger partial charge on any atom is 0.258 e. The molecule has 1 fully saturated rings. The summed E-state index contributed by atoms with van der Waals surface area (Å²) in [6, 6.07) is 15.6. The first kappa shape index (κ1) is 25.4. The van der Waals surface area contributed by atoms with Crippen molar-refractivity contribution in [2.45, 2.75) is 30.0 Å². The van der Waals surface area contributed by atoms with E-state index in [9.17, 15) is 22.4 Å². The molecule has 0 aliphatic carbocycles. The van der Waals surface area contributed by atoms with Gasteiger partial charge < -0.3 is 15.4 Å². The number of rotatable bonds is 9. The van der Waals surface area contributed by atoms with Gasteiger partial charge in [0.25, 0.3) is 15.9 Å². The first-order chi connectivity index (χ1) is 17.3. The minimum Gasteiger partial charge on any atom is -0.380 e. The van der Waals surface area contributed by atoms with Gasteiger partial charge in [-0.3, -0.25) is 9.59 Å². The predicted octanol–water partition coefficient (Wildman–Crippen LogP) is 2.27. The topological polar surface area (TPSA) is 126 Å². The Bertz CT molecular complexity index is 1300. The maximum absolute atomic E-state index is 13.2. The lowest BCUT2D eigenvalue weighted by Crippen LogP contribution is -2.45. The lowest BCUT2D eigenvalue weighted by Gasteiger charge is -2.19. The zero-order valence-corrected chi connectivity index (χ0v) is 20.0. The molecule has 2 aromatic carbocycles. The Kier molecular flexibility index (Phi) is 8.04. The molecule has 2 atom stereocenters. The smallest absolute Gasteiger partial charge is 0.258 e. The summed E-state index contributed by atoms with van der Waals surface area (Å²) in [5, 5.41) is 5.17. The van der Waals surface area contributed by atoms with E-state index in [1.807, 2.05) is 30.3 Å². The Hall–Kier alpha value is -3.67. The SMILES string of the molecule is O=C(N[C@@H](Cc1ccccc1)C(=O)Nc1ccc(S(=O)(=O)N[C@@H]2CCOC2)nc1)c1ccc(F)cc1. The molecule has 2 heterocycles. The standard InChI is InChI=1S/C25H25FN4O5S/c26-19-8-6-18(7-9-19)24(31)29-22(14-17-4-2-1-3-5-17)25(32)28-20-10-11-23(27-15-20)36(33,34)30-21-12-13-35-16-21/h1-11,15,21-22,30H,12-14,16H2,(H,28,32)(H,29,31)/t21-,22+/m1/s1. The van der Waals surface area contributed by atoms with Crippen LogP contribution in [0, 0.1) is 5.82 Å². The van der Waals surface area contributed by atoms with Crippen LogP contribution in [0.25, 0.3) is 0 Å². The van der Waals surface area contributed by atoms with Crippen LogP contribution < -0.4 is 15.4 Å². The average molecular weight is 513 g/mol. The molecule has 11 heteroatoms. The molecule has 36 heavy (non-hydrogen) atoms. The van der Waals surface area contributed by atoms with Crippen molar-refractivity contribution in [3.05, 3.63) is 89.9 Å². The van der Waals surface area contributed by atoms with E-state index in [1.54, 1.807) is 0 Å². The van der Waals surface area contributed by atoms with Crippen LogP contribution in [-0.4, -0.2) is 50.5 Å². The number of pyridine rings is 1. The molecule has 3 aromatic rings. The molecule has 1 aliphatic rings. The molecule has 2 amide bonds. The van der Waals surface area contributed by atoms with Gasteiger partial charge in [0.1, 0.15) is 11.9 Å². The first-order valence-corrected chi connectivity index (χ1v) is 12.8. The highest BCUT2D eigenvalue weighted by atomic mass is 32.2. The third-order valence-electron chi connectivity index (χ3n) is 5.54. The molecule has 0 spiro atoms. The largest absolute Gasteiger partial charge is 0.380 e. The van der Waals surface area contributed by atoms with E-state index in [1.165, 1.54) is 30.5 Å². The number of carbonyl (C=O) groups is 2. The molecule has 1 aromatic heterocycles. The summed E-state index contributed by atoms with van der Waals surface area (Å²) in [4.78, 5) is 29.8. The molecule has 1 aliphatic heterocycles. The van der Waals surface area contributed by atoms with Crippen molar-refractivity contribution in [2.75, 3.05) is 18.5 Å². The van der Waals surface area contributed by atoms with Crippen molar-refractivity contribution in [1.82, 2.24) is 15.0 Å². The van der Waals surface area contributed by atoms with Gasteiger partial charge in [0.05, 0.1) is 18.5 Å². The van der Waals surface area contributed by atoms with E-state index in [0.29, 0.717) is 19.6 Å². The number of sulfonamides is 1. The minimum atomic E-state index is -3.83. The monoisotopic (exact) mass is 512 g/mol. The molecular formula is C25H25FN4O5S. The molecular weight excluding hydrogens is 487 g/mol. The molecule has 0 unspecified atom stereocenters. The number of nitrogens with zero attached hydrogens (tertiary/aromatic N) is 1. The highest BCUT2D eigenvalue weighted by Gasteiger charge is 2.25. The van der Waals surface area contributed by atoms with Crippen LogP contribution in [0.2, 0.25) is 0 Å². The summed E-state index contributed by atoms with van der Waals surface area (Å²) < 4.78 is 46.0. The van der Waals surface area contributed by atoms with Gasteiger partial charge in [-0.05, 0) is 48.4 Å². The molecule has 3 N–H and O–H groups in total. The Balaban J connectivity index is 1.46. The quantitative estimate of drug-likeness (QED) is 0.404. The number of amides is 2. The summed E-state index contributed by atoms with van der Waals surface area (Å²) in [5.74, 6) is -1.53. The zero-order valence-electron chi connectivity index (χ0n) is 19.2. The van der Waals surface area contributed by atoms with E-state index in [4.69, 9.17) is 4.74 Å². The van der Waals surface area contributed by atoms with Crippen LogP contribution in [0.5, 0.6) is 0 Å². The van der Waals surface area contributed by atoms with Crippen molar-refractivity contribution in [1.29, 1.82) is 0 Å². The second-order valence-electron chi connectivity index (χ2n) is 8.28. The van der Waals surface area contributed by atoms with Crippen molar-refractivity contribution in [3.8, 4) is 0 Å². The molecule has 9 nitrogen and oxygen atoms in total. The van der Waals surface area contributed by atoms with Gasteiger partial charge in [-0.15, -0.1) is 0 Å². The lowest BCUT2D eigenvalue weighted by atomic mass is 10.0. The van der Waals surface area contributed by atoms with Crippen LogP contribution >= 0.6 is 0 Å². The predicted molar refractivity (Wildman–Crippen MR) is 130 cm³/mol. The normalized spacial score (nSPS) is 16.3. The number of anilines is 1. The molecule has 0 bridgehead atoms. The number of hydrogen-bond donors (Lipinski definition) is 3. The zero-order chi connectivity index (χ0) is 25.5. The van der Waals surface area contributed by atoms with Crippen molar-refractivity contribution >= 4 is 27.5 Å². The number of halogens is 1. The van der Waals surface area contributed by atoms with Gasteiger partial charge in [-0.1, -0.05) is 30.3 Å².